The Kier molecular flexibility index (Phi) is 8.51. The zero-order chi connectivity index (χ0) is 21.8. The monoisotopic (exact) mass is 454 g/mol. The molecule has 3 aromatic carbocycles. The van der Waals surface area contributed by atoms with Crippen molar-refractivity contribution in [3.63, 3.8) is 0 Å². The van der Waals surface area contributed by atoms with E-state index in [1.807, 2.05) is 48.2 Å². The van der Waals surface area contributed by atoms with Gasteiger partial charge in [0.25, 0.3) is 0 Å². The maximum Gasteiger partial charge on any atom is 1.00 e. The van der Waals surface area contributed by atoms with E-state index in [0.717, 1.165) is 24.2 Å². The van der Waals surface area contributed by atoms with Crippen LogP contribution in [0.25, 0.3) is 0 Å². The van der Waals surface area contributed by atoms with Crippen molar-refractivity contribution in [3.8, 4) is 5.75 Å². The maximum atomic E-state index is 12.0. The normalized spacial score (nSPS) is 16.9. The SMILES string of the molecule is CCc1cccc(CC(C)(Oc2ccc(C3CCSc4ccccc43)cc2)C(=O)[O-])c1.[Na+]. The molecule has 0 saturated carbocycles. The van der Waals surface area contributed by atoms with Crippen LogP contribution in [0.3, 0.4) is 0 Å². The molecular weight excluding hydrogens is 427 g/mol. The van der Waals surface area contributed by atoms with Crippen LogP contribution in [0.4, 0.5) is 0 Å². The van der Waals surface area contributed by atoms with E-state index in [9.17, 15) is 9.90 Å². The fourth-order valence-electron chi connectivity index (χ4n) is 4.22. The van der Waals surface area contributed by atoms with Crippen LogP contribution in [0, 0.1) is 0 Å². The second-order valence-electron chi connectivity index (χ2n) is 8.27. The topological polar surface area (TPSA) is 49.4 Å². The van der Waals surface area contributed by atoms with Crippen LogP contribution in [-0.2, 0) is 17.6 Å². The van der Waals surface area contributed by atoms with E-state index < -0.39 is 11.6 Å². The van der Waals surface area contributed by atoms with Gasteiger partial charge in [-0.3, -0.25) is 0 Å². The smallest absolute Gasteiger partial charge is 0.546 e. The molecule has 0 saturated heterocycles. The zero-order valence-electron chi connectivity index (χ0n) is 19.0. The van der Waals surface area contributed by atoms with Gasteiger partial charge in [0.1, 0.15) is 11.4 Å². The molecule has 2 atom stereocenters. The van der Waals surface area contributed by atoms with E-state index in [1.165, 1.54) is 21.6 Å². The molecule has 0 aromatic heterocycles. The molecule has 1 aliphatic rings. The van der Waals surface area contributed by atoms with E-state index >= 15 is 0 Å². The third-order valence-electron chi connectivity index (χ3n) is 5.96. The molecule has 0 fully saturated rings. The maximum absolute atomic E-state index is 12.0. The largest absolute Gasteiger partial charge is 1.00 e. The first-order valence-electron chi connectivity index (χ1n) is 10.8. The number of carbonyl (C=O) groups is 1. The number of carbonyl (C=O) groups excluding carboxylic acids is 1. The van der Waals surface area contributed by atoms with Gasteiger partial charge in [-0.1, -0.05) is 61.5 Å². The summed E-state index contributed by atoms with van der Waals surface area (Å²) in [4.78, 5) is 13.3. The fourth-order valence-corrected chi connectivity index (χ4v) is 5.34. The van der Waals surface area contributed by atoms with Crippen molar-refractivity contribution in [1.29, 1.82) is 0 Å². The second kappa shape index (κ2) is 10.9. The number of ether oxygens (including phenoxy) is 1. The number of benzene rings is 3. The molecule has 1 heterocycles. The Morgan fingerprint density at radius 2 is 1.78 bits per heavy atom. The van der Waals surface area contributed by atoms with E-state index in [1.54, 1.807) is 6.92 Å². The quantitative estimate of drug-likeness (QED) is 0.513. The van der Waals surface area contributed by atoms with E-state index in [4.69, 9.17) is 4.74 Å². The average Bonchev–Trinajstić information content (AvgIpc) is 2.79. The van der Waals surface area contributed by atoms with E-state index in [2.05, 4.69) is 43.3 Å². The van der Waals surface area contributed by atoms with Crippen LogP contribution in [0.5, 0.6) is 5.75 Å². The Morgan fingerprint density at radius 1 is 1.06 bits per heavy atom. The van der Waals surface area contributed by atoms with E-state index in [-0.39, 0.29) is 36.0 Å². The Bertz CT molecular complexity index is 1070. The molecule has 160 valence electrons. The zero-order valence-corrected chi connectivity index (χ0v) is 21.8. The molecule has 0 radical (unpaired) electrons. The molecule has 1 aliphatic heterocycles. The minimum atomic E-state index is -1.44. The van der Waals surface area contributed by atoms with Crippen LogP contribution in [0.1, 0.15) is 48.4 Å². The first-order chi connectivity index (χ1) is 15.0. The summed E-state index contributed by atoms with van der Waals surface area (Å²) in [5.74, 6) is 0.785. The number of rotatable bonds is 7. The Balaban J connectivity index is 0.00000289. The summed E-state index contributed by atoms with van der Waals surface area (Å²) in [5, 5.41) is 12.0. The minimum absolute atomic E-state index is 0. The number of hydrogen-bond donors (Lipinski definition) is 0. The number of aliphatic carboxylic acids is 1. The second-order valence-corrected chi connectivity index (χ2v) is 9.40. The van der Waals surface area contributed by atoms with Crippen molar-refractivity contribution in [2.75, 3.05) is 5.75 Å². The molecule has 0 spiro atoms. The van der Waals surface area contributed by atoms with Crippen molar-refractivity contribution in [2.45, 2.75) is 49.5 Å². The molecule has 0 amide bonds. The van der Waals surface area contributed by atoms with Gasteiger partial charge in [-0.15, -0.1) is 11.8 Å². The molecule has 0 aliphatic carbocycles. The van der Waals surface area contributed by atoms with Crippen molar-refractivity contribution in [1.82, 2.24) is 0 Å². The van der Waals surface area contributed by atoms with Gasteiger partial charge in [0.2, 0.25) is 0 Å². The van der Waals surface area contributed by atoms with Crippen molar-refractivity contribution in [2.24, 2.45) is 0 Å². The fraction of sp³-hybridized carbons (Fsp3) is 0.296. The van der Waals surface area contributed by atoms with E-state index in [0.29, 0.717) is 11.7 Å². The predicted octanol–water partition coefficient (Wildman–Crippen LogP) is 2.01. The van der Waals surface area contributed by atoms with Crippen LogP contribution in [0.2, 0.25) is 0 Å². The van der Waals surface area contributed by atoms with Gasteiger partial charge in [-0.05, 0) is 66.0 Å². The first-order valence-corrected chi connectivity index (χ1v) is 11.8. The summed E-state index contributed by atoms with van der Waals surface area (Å²) < 4.78 is 5.99. The van der Waals surface area contributed by atoms with Crippen molar-refractivity contribution >= 4 is 17.7 Å². The number of hydrogen-bond acceptors (Lipinski definition) is 4. The summed E-state index contributed by atoms with van der Waals surface area (Å²) in [6, 6.07) is 24.4. The standard InChI is InChI=1S/C27H28O3S.Na/c1-3-19-7-6-8-20(17-19)18-27(2,26(28)29)30-22-13-11-21(12-14-22)23-15-16-31-25-10-5-4-9-24(23)25;/h4-14,17,23H,3,15-16,18H2,1-2H3,(H,28,29);/q;+1/p-1. The van der Waals surface area contributed by atoms with Gasteiger partial charge in [-0.2, -0.15) is 0 Å². The summed E-state index contributed by atoms with van der Waals surface area (Å²) in [6.45, 7) is 3.67. The third-order valence-corrected chi connectivity index (χ3v) is 7.08. The van der Waals surface area contributed by atoms with Crippen LogP contribution < -0.4 is 39.4 Å². The van der Waals surface area contributed by atoms with Crippen LogP contribution >= 0.6 is 11.8 Å². The minimum Gasteiger partial charge on any atom is -0.546 e. The summed E-state index contributed by atoms with van der Waals surface area (Å²) in [5.41, 5.74) is 3.25. The molecule has 0 N–H and O–H groups in total. The molecule has 32 heavy (non-hydrogen) atoms. The molecule has 0 bridgehead atoms. The number of carboxylic acid groups (broad SMARTS) is 1. The molecule has 4 rings (SSSR count). The summed E-state index contributed by atoms with van der Waals surface area (Å²) in [6.07, 6.45) is 2.24. The summed E-state index contributed by atoms with van der Waals surface area (Å²) >= 11 is 1.91. The number of carboxylic acids is 1. The predicted molar refractivity (Wildman–Crippen MR) is 124 cm³/mol. The van der Waals surface area contributed by atoms with Crippen LogP contribution in [0.15, 0.2) is 77.7 Å². The van der Waals surface area contributed by atoms with Crippen molar-refractivity contribution < 1.29 is 44.2 Å². The molecule has 2 unspecified atom stereocenters. The van der Waals surface area contributed by atoms with Gasteiger partial charge in [0, 0.05) is 17.2 Å². The average molecular weight is 455 g/mol. The van der Waals surface area contributed by atoms with Gasteiger partial charge < -0.3 is 14.6 Å². The van der Waals surface area contributed by atoms with Gasteiger partial charge in [-0.25, -0.2) is 0 Å². The van der Waals surface area contributed by atoms with Gasteiger partial charge >= 0.3 is 29.6 Å². The van der Waals surface area contributed by atoms with Gasteiger partial charge in [0.05, 0.1) is 5.97 Å². The van der Waals surface area contributed by atoms with Crippen molar-refractivity contribution in [3.05, 3.63) is 95.1 Å². The molecular formula is C27H27NaO3S. The Morgan fingerprint density at radius 3 is 2.50 bits per heavy atom. The first kappa shape index (κ1) is 24.9. The number of fused-ring (bicyclic) bond motifs is 1. The molecule has 3 nitrogen and oxygen atoms in total. The number of aryl methyl sites for hydroxylation is 1. The summed E-state index contributed by atoms with van der Waals surface area (Å²) in [7, 11) is 0. The molecule has 3 aromatic rings. The third kappa shape index (κ3) is 5.60. The van der Waals surface area contributed by atoms with Crippen LogP contribution in [-0.4, -0.2) is 17.3 Å². The molecule has 5 heteroatoms. The number of thioether (sulfide) groups is 1. The van der Waals surface area contributed by atoms with Gasteiger partial charge in [0.15, 0.2) is 0 Å². The Labute approximate surface area is 216 Å². The Hall–Kier alpha value is -1.72.